The van der Waals surface area contributed by atoms with Crippen LogP contribution in [0.2, 0.25) is 0 Å². The molecule has 0 fully saturated rings. The molecule has 0 amide bonds. The van der Waals surface area contributed by atoms with Crippen LogP contribution in [0.1, 0.15) is 0 Å². The van der Waals surface area contributed by atoms with Crippen molar-refractivity contribution in [3.05, 3.63) is 66.9 Å². The second-order valence-electron chi connectivity index (χ2n) is 4.78. The van der Waals surface area contributed by atoms with Crippen molar-refractivity contribution in [1.29, 1.82) is 0 Å². The molecule has 0 N–H and O–H groups in total. The topological polar surface area (TPSA) is 17.8 Å². The van der Waals surface area contributed by atoms with Gasteiger partial charge in [-0.2, -0.15) is 0 Å². The van der Waals surface area contributed by atoms with E-state index in [1.54, 1.807) is 6.20 Å². The van der Waals surface area contributed by atoms with Crippen LogP contribution in [0.25, 0.3) is 27.6 Å². The molecule has 2 aromatic heterocycles. The smallest absolute Gasteiger partial charge is 0.137 e. The number of benzene rings is 2. The third-order valence-corrected chi connectivity index (χ3v) is 3.60. The van der Waals surface area contributed by atoms with E-state index in [9.17, 15) is 0 Å². The molecule has 0 bridgehead atoms. The number of pyridine rings is 1. The van der Waals surface area contributed by atoms with Crippen LogP contribution in [-0.2, 0) is 0 Å². The third-order valence-electron chi connectivity index (χ3n) is 3.60. The van der Waals surface area contributed by atoms with Crippen molar-refractivity contribution in [2.75, 3.05) is 0 Å². The van der Waals surface area contributed by atoms with E-state index < -0.39 is 0 Å². The van der Waals surface area contributed by atoms with Crippen LogP contribution in [0.3, 0.4) is 0 Å². The molecule has 2 heterocycles. The first-order valence-electron chi connectivity index (χ1n) is 6.55. The zero-order valence-electron chi connectivity index (χ0n) is 10.8. The summed E-state index contributed by atoms with van der Waals surface area (Å²) in [5.74, 6) is 0.886. The summed E-state index contributed by atoms with van der Waals surface area (Å²) in [6, 6.07) is 20.2. The van der Waals surface area contributed by atoms with Gasteiger partial charge in [-0.1, -0.05) is 47.9 Å². The lowest BCUT2D eigenvalue weighted by Crippen LogP contribution is -2.08. The Morgan fingerprint density at radius 3 is 2.45 bits per heavy atom. The molecule has 2 aromatic carbocycles. The number of fused-ring (bicyclic) bond motifs is 3. The number of para-hydroxylation sites is 2. The Morgan fingerprint density at radius 2 is 1.60 bits per heavy atom. The maximum Gasteiger partial charge on any atom is 0.137 e. The highest BCUT2D eigenvalue weighted by molar-refractivity contribution is 6.39. The highest BCUT2D eigenvalue weighted by Gasteiger charge is 2.13. The largest absolute Gasteiger partial charge is 0.294 e. The SMILES string of the molecule is [B]c1cccc2c3ccccc3n(-c3ccccn3)c12. The molecule has 0 aliphatic heterocycles. The van der Waals surface area contributed by atoms with Gasteiger partial charge in [-0.25, -0.2) is 4.98 Å². The summed E-state index contributed by atoms with van der Waals surface area (Å²) in [4.78, 5) is 4.47. The zero-order valence-corrected chi connectivity index (χ0v) is 10.8. The molecule has 0 aliphatic rings. The molecule has 0 unspecified atom stereocenters. The predicted molar refractivity (Wildman–Crippen MR) is 84.0 cm³/mol. The molecule has 0 atom stereocenters. The van der Waals surface area contributed by atoms with Crippen molar-refractivity contribution >= 4 is 35.1 Å². The summed E-state index contributed by atoms with van der Waals surface area (Å²) in [7, 11) is 6.21. The van der Waals surface area contributed by atoms with Crippen molar-refractivity contribution < 1.29 is 0 Å². The third kappa shape index (κ3) is 1.50. The first kappa shape index (κ1) is 11.3. The minimum Gasteiger partial charge on any atom is -0.294 e. The summed E-state index contributed by atoms with van der Waals surface area (Å²) >= 11 is 0. The summed E-state index contributed by atoms with van der Waals surface area (Å²) in [6.45, 7) is 0. The number of hydrogen-bond acceptors (Lipinski definition) is 1. The number of aromatic nitrogens is 2. The van der Waals surface area contributed by atoms with Gasteiger partial charge in [0.15, 0.2) is 0 Å². The van der Waals surface area contributed by atoms with Gasteiger partial charge in [-0.3, -0.25) is 4.57 Å². The van der Waals surface area contributed by atoms with Gasteiger partial charge in [0.2, 0.25) is 0 Å². The van der Waals surface area contributed by atoms with E-state index >= 15 is 0 Å². The van der Waals surface area contributed by atoms with Gasteiger partial charge >= 0.3 is 0 Å². The van der Waals surface area contributed by atoms with Crippen LogP contribution in [0.5, 0.6) is 0 Å². The van der Waals surface area contributed by atoms with Gasteiger partial charge in [0.25, 0.3) is 0 Å². The highest BCUT2D eigenvalue weighted by atomic mass is 15.1. The average Bonchev–Trinajstić information content (AvgIpc) is 2.84. The fourth-order valence-corrected chi connectivity index (χ4v) is 2.77. The van der Waals surface area contributed by atoms with Crippen LogP contribution in [-0.4, -0.2) is 17.4 Å². The van der Waals surface area contributed by atoms with Crippen molar-refractivity contribution in [3.63, 3.8) is 0 Å². The van der Waals surface area contributed by atoms with E-state index in [1.807, 2.05) is 42.5 Å². The summed E-state index contributed by atoms with van der Waals surface area (Å²) in [5.41, 5.74) is 2.91. The monoisotopic (exact) mass is 254 g/mol. The molecule has 3 heteroatoms. The quantitative estimate of drug-likeness (QED) is 0.477. The van der Waals surface area contributed by atoms with Gasteiger partial charge in [-0.15, -0.1) is 0 Å². The molecule has 0 saturated carbocycles. The van der Waals surface area contributed by atoms with E-state index in [1.165, 1.54) is 5.39 Å². The Morgan fingerprint density at radius 1 is 0.800 bits per heavy atom. The van der Waals surface area contributed by atoms with Gasteiger partial charge in [0, 0.05) is 22.5 Å². The normalized spacial score (nSPS) is 11.2. The van der Waals surface area contributed by atoms with Crippen molar-refractivity contribution in [2.45, 2.75) is 0 Å². The number of hydrogen-bond donors (Lipinski definition) is 0. The molecule has 0 saturated heterocycles. The van der Waals surface area contributed by atoms with Crippen molar-refractivity contribution in [2.24, 2.45) is 0 Å². The van der Waals surface area contributed by atoms with Crippen LogP contribution in [0.4, 0.5) is 0 Å². The fraction of sp³-hybridized carbons (Fsp3) is 0. The van der Waals surface area contributed by atoms with Gasteiger partial charge in [0.1, 0.15) is 13.7 Å². The van der Waals surface area contributed by atoms with E-state index in [0.717, 1.165) is 27.7 Å². The molecule has 0 spiro atoms. The lowest BCUT2D eigenvalue weighted by molar-refractivity contribution is 1.08. The van der Waals surface area contributed by atoms with Gasteiger partial charge in [0.05, 0.1) is 5.52 Å². The molecule has 92 valence electrons. The van der Waals surface area contributed by atoms with Crippen LogP contribution in [0.15, 0.2) is 66.9 Å². The Bertz CT molecular complexity index is 910. The molecule has 4 rings (SSSR count). The maximum atomic E-state index is 6.21. The fourth-order valence-electron chi connectivity index (χ4n) is 2.77. The van der Waals surface area contributed by atoms with Crippen molar-refractivity contribution in [3.8, 4) is 5.82 Å². The molecular formula is C17H11BN2. The van der Waals surface area contributed by atoms with Crippen LogP contribution >= 0.6 is 0 Å². The standard InChI is InChI=1S/C17H11BN2/c18-14-8-5-7-13-12-6-1-2-9-15(12)20(17(13)14)16-10-3-4-11-19-16/h1-11H. The molecule has 4 aromatic rings. The van der Waals surface area contributed by atoms with E-state index in [-0.39, 0.29) is 0 Å². The number of nitrogens with zero attached hydrogens (tertiary/aromatic N) is 2. The van der Waals surface area contributed by atoms with Crippen LogP contribution in [0, 0.1) is 0 Å². The predicted octanol–water partition coefficient (Wildman–Crippen LogP) is 2.97. The van der Waals surface area contributed by atoms with Crippen molar-refractivity contribution in [1.82, 2.24) is 9.55 Å². The molecule has 2 nitrogen and oxygen atoms in total. The zero-order chi connectivity index (χ0) is 13.5. The Balaban J connectivity index is 2.27. The maximum absolute atomic E-state index is 6.21. The van der Waals surface area contributed by atoms with Gasteiger partial charge < -0.3 is 0 Å². The second kappa shape index (κ2) is 4.24. The molecule has 20 heavy (non-hydrogen) atoms. The molecule has 2 radical (unpaired) electrons. The highest BCUT2D eigenvalue weighted by Crippen LogP contribution is 2.29. The van der Waals surface area contributed by atoms with Crippen LogP contribution < -0.4 is 5.46 Å². The summed E-state index contributed by atoms with van der Waals surface area (Å²) in [5, 5.41) is 2.35. The first-order chi connectivity index (χ1) is 9.86. The molecular weight excluding hydrogens is 243 g/mol. The lowest BCUT2D eigenvalue weighted by atomic mass is 9.93. The van der Waals surface area contributed by atoms with E-state index in [4.69, 9.17) is 7.85 Å². The Hall–Kier alpha value is -2.55. The lowest BCUT2D eigenvalue weighted by Gasteiger charge is -2.07. The van der Waals surface area contributed by atoms with E-state index in [0.29, 0.717) is 0 Å². The minimum absolute atomic E-state index is 0.768. The first-order valence-corrected chi connectivity index (χ1v) is 6.55. The number of rotatable bonds is 1. The summed E-state index contributed by atoms with van der Waals surface area (Å²) < 4.78 is 2.12. The average molecular weight is 254 g/mol. The minimum atomic E-state index is 0.768. The molecule has 0 aliphatic carbocycles. The van der Waals surface area contributed by atoms with Gasteiger partial charge in [-0.05, 0) is 18.2 Å². The van der Waals surface area contributed by atoms with E-state index in [2.05, 4.69) is 27.8 Å². The Labute approximate surface area is 118 Å². The second-order valence-corrected chi connectivity index (χ2v) is 4.78. The summed E-state index contributed by atoms with van der Waals surface area (Å²) in [6.07, 6.45) is 1.80. The Kier molecular flexibility index (Phi) is 2.39.